The quantitative estimate of drug-likeness (QED) is 0.711. The lowest BCUT2D eigenvalue weighted by atomic mass is 10.4. The van der Waals surface area contributed by atoms with Crippen LogP contribution < -0.4 is 10.5 Å². The first-order valence-corrected chi connectivity index (χ1v) is 6.72. The van der Waals surface area contributed by atoms with Crippen molar-refractivity contribution in [2.24, 2.45) is 0 Å². The molecule has 17 heavy (non-hydrogen) atoms. The summed E-state index contributed by atoms with van der Waals surface area (Å²) in [6.45, 7) is 0.140. The Morgan fingerprint density at radius 2 is 2.29 bits per heavy atom. The average molecular weight is 276 g/mol. The summed E-state index contributed by atoms with van der Waals surface area (Å²) in [5, 5.41) is 10.5. The average Bonchev–Trinajstić information content (AvgIpc) is 2.89. The Labute approximate surface area is 100 Å². The maximum Gasteiger partial charge on any atom is 0.269 e. The van der Waals surface area contributed by atoms with E-state index in [1.165, 1.54) is 6.39 Å². The van der Waals surface area contributed by atoms with Gasteiger partial charge in [0.2, 0.25) is 15.9 Å². The third-order valence-electron chi connectivity index (χ3n) is 1.70. The van der Waals surface area contributed by atoms with Gasteiger partial charge in [-0.2, -0.15) is 4.98 Å². The lowest BCUT2D eigenvalue weighted by Gasteiger charge is -2.00. The summed E-state index contributed by atoms with van der Waals surface area (Å²) in [5.74, 6) is 0.421. The van der Waals surface area contributed by atoms with Gasteiger partial charge in [0.15, 0.2) is 5.82 Å². The Hall–Kier alpha value is -1.59. The molecular formula is C6H8N6O3S2. The SMILES string of the molecule is Nc1nnc(S(=O)(=O)NCCc2ncon2)s1. The molecule has 0 aliphatic rings. The molecule has 0 saturated carbocycles. The number of nitrogens with one attached hydrogen (secondary N) is 1. The van der Waals surface area contributed by atoms with Crippen LogP contribution >= 0.6 is 11.3 Å². The minimum Gasteiger partial charge on any atom is -0.374 e. The van der Waals surface area contributed by atoms with E-state index >= 15 is 0 Å². The van der Waals surface area contributed by atoms with Gasteiger partial charge in [-0.15, -0.1) is 10.2 Å². The highest BCUT2D eigenvalue weighted by molar-refractivity contribution is 7.91. The highest BCUT2D eigenvalue weighted by atomic mass is 32.2. The van der Waals surface area contributed by atoms with Gasteiger partial charge >= 0.3 is 0 Å². The Balaban J connectivity index is 1.94. The first-order valence-electron chi connectivity index (χ1n) is 4.42. The minimum atomic E-state index is -3.66. The molecule has 0 fully saturated rings. The summed E-state index contributed by atoms with van der Waals surface area (Å²) in [5.41, 5.74) is 5.30. The molecule has 0 atom stereocenters. The molecule has 0 aliphatic carbocycles. The lowest BCUT2D eigenvalue weighted by molar-refractivity contribution is 0.410. The van der Waals surface area contributed by atoms with Crippen LogP contribution in [-0.4, -0.2) is 35.3 Å². The van der Waals surface area contributed by atoms with Gasteiger partial charge in [0, 0.05) is 13.0 Å². The van der Waals surface area contributed by atoms with Gasteiger partial charge in [-0.25, -0.2) is 13.1 Å². The second-order valence-electron chi connectivity index (χ2n) is 2.90. The lowest BCUT2D eigenvalue weighted by Crippen LogP contribution is -2.26. The molecule has 0 amide bonds. The first kappa shape index (κ1) is 11.9. The van der Waals surface area contributed by atoms with E-state index in [2.05, 4.69) is 29.6 Å². The van der Waals surface area contributed by atoms with Crippen LogP contribution in [0.15, 0.2) is 15.3 Å². The fraction of sp³-hybridized carbons (Fsp3) is 0.333. The van der Waals surface area contributed by atoms with Crippen molar-refractivity contribution in [2.45, 2.75) is 10.8 Å². The van der Waals surface area contributed by atoms with Gasteiger partial charge in [-0.1, -0.05) is 16.5 Å². The Morgan fingerprint density at radius 1 is 1.47 bits per heavy atom. The van der Waals surface area contributed by atoms with E-state index in [4.69, 9.17) is 5.73 Å². The number of anilines is 1. The molecule has 92 valence electrons. The number of sulfonamides is 1. The number of nitrogens with two attached hydrogens (primary N) is 1. The molecule has 0 spiro atoms. The molecule has 2 aromatic rings. The zero-order valence-electron chi connectivity index (χ0n) is 8.40. The molecule has 0 bridgehead atoms. The molecule has 2 rings (SSSR count). The number of hydrogen-bond donors (Lipinski definition) is 2. The van der Waals surface area contributed by atoms with Gasteiger partial charge in [0.05, 0.1) is 0 Å². The maximum absolute atomic E-state index is 11.7. The summed E-state index contributed by atoms with van der Waals surface area (Å²) in [4.78, 5) is 3.75. The van der Waals surface area contributed by atoms with E-state index in [0.29, 0.717) is 12.2 Å². The minimum absolute atomic E-state index is 0.101. The van der Waals surface area contributed by atoms with Crippen LogP contribution in [0, 0.1) is 0 Å². The Bertz CT molecular complexity index is 577. The van der Waals surface area contributed by atoms with Gasteiger partial charge < -0.3 is 10.3 Å². The molecule has 0 unspecified atom stereocenters. The fourth-order valence-corrected chi connectivity index (χ4v) is 2.85. The van der Waals surface area contributed by atoms with Crippen molar-refractivity contribution in [2.75, 3.05) is 12.3 Å². The number of nitrogens with zero attached hydrogens (tertiary/aromatic N) is 4. The van der Waals surface area contributed by atoms with E-state index in [0.717, 1.165) is 11.3 Å². The number of hydrogen-bond acceptors (Lipinski definition) is 9. The van der Waals surface area contributed by atoms with Crippen molar-refractivity contribution in [1.29, 1.82) is 0 Å². The molecule has 2 heterocycles. The van der Waals surface area contributed by atoms with Crippen LogP contribution in [0.1, 0.15) is 5.82 Å². The molecule has 2 aromatic heterocycles. The molecule has 9 nitrogen and oxygen atoms in total. The Morgan fingerprint density at radius 3 is 2.88 bits per heavy atom. The summed E-state index contributed by atoms with van der Waals surface area (Å²) < 4.78 is 30.0. The van der Waals surface area contributed by atoms with Crippen molar-refractivity contribution in [3.8, 4) is 0 Å². The highest BCUT2D eigenvalue weighted by Crippen LogP contribution is 2.16. The van der Waals surface area contributed by atoms with Crippen LogP contribution in [0.4, 0.5) is 5.13 Å². The molecule has 0 saturated heterocycles. The number of rotatable bonds is 5. The predicted octanol–water partition coefficient (Wildman–Crippen LogP) is -0.976. The molecule has 0 radical (unpaired) electrons. The van der Waals surface area contributed by atoms with Crippen molar-refractivity contribution in [3.63, 3.8) is 0 Å². The largest absolute Gasteiger partial charge is 0.374 e. The van der Waals surface area contributed by atoms with Crippen molar-refractivity contribution < 1.29 is 12.9 Å². The van der Waals surface area contributed by atoms with Gasteiger partial charge in [0.1, 0.15) is 0 Å². The van der Waals surface area contributed by atoms with E-state index in [-0.39, 0.29) is 16.0 Å². The summed E-state index contributed by atoms with van der Waals surface area (Å²) in [6.07, 6.45) is 1.50. The molecule has 0 aromatic carbocycles. The van der Waals surface area contributed by atoms with E-state index in [9.17, 15) is 8.42 Å². The third kappa shape index (κ3) is 2.95. The summed E-state index contributed by atoms with van der Waals surface area (Å²) >= 11 is 0.798. The van der Waals surface area contributed by atoms with Crippen LogP contribution in [0.25, 0.3) is 0 Å². The second kappa shape index (κ2) is 4.73. The molecule has 3 N–H and O–H groups in total. The predicted molar refractivity (Wildman–Crippen MR) is 57.5 cm³/mol. The second-order valence-corrected chi connectivity index (χ2v) is 5.85. The standard InChI is InChI=1S/C6H8N6O3S2/c7-5-10-11-6(16-5)17(13,14)9-2-1-4-8-3-15-12-4/h3,9H,1-2H2,(H2,7,10). The zero-order valence-corrected chi connectivity index (χ0v) is 10.0. The zero-order chi connectivity index (χ0) is 12.3. The fourth-order valence-electron chi connectivity index (χ4n) is 0.991. The third-order valence-corrected chi connectivity index (χ3v) is 4.28. The monoisotopic (exact) mass is 276 g/mol. The topological polar surface area (TPSA) is 137 Å². The van der Waals surface area contributed by atoms with Crippen molar-refractivity contribution in [3.05, 3.63) is 12.2 Å². The smallest absolute Gasteiger partial charge is 0.269 e. The van der Waals surface area contributed by atoms with Gasteiger partial charge in [0.25, 0.3) is 10.0 Å². The maximum atomic E-state index is 11.7. The molecular weight excluding hydrogens is 268 g/mol. The molecule has 0 aliphatic heterocycles. The van der Waals surface area contributed by atoms with Crippen molar-refractivity contribution in [1.82, 2.24) is 25.1 Å². The van der Waals surface area contributed by atoms with E-state index < -0.39 is 10.0 Å². The van der Waals surface area contributed by atoms with Crippen LogP contribution in [-0.2, 0) is 16.4 Å². The summed E-state index contributed by atoms with van der Waals surface area (Å²) in [6, 6.07) is 0. The normalized spacial score (nSPS) is 11.8. The van der Waals surface area contributed by atoms with Gasteiger partial charge in [-0.05, 0) is 0 Å². The number of aromatic nitrogens is 4. The highest BCUT2D eigenvalue weighted by Gasteiger charge is 2.19. The summed E-state index contributed by atoms with van der Waals surface area (Å²) in [7, 11) is -3.66. The van der Waals surface area contributed by atoms with E-state index in [1.807, 2.05) is 0 Å². The van der Waals surface area contributed by atoms with Crippen LogP contribution in [0.5, 0.6) is 0 Å². The van der Waals surface area contributed by atoms with Crippen LogP contribution in [0.2, 0.25) is 0 Å². The van der Waals surface area contributed by atoms with Crippen molar-refractivity contribution >= 4 is 26.5 Å². The number of nitrogen functional groups attached to an aromatic ring is 1. The molecule has 11 heteroatoms. The van der Waals surface area contributed by atoms with E-state index in [1.54, 1.807) is 0 Å². The first-order chi connectivity index (χ1) is 8.08. The van der Waals surface area contributed by atoms with Gasteiger partial charge in [-0.3, -0.25) is 0 Å². The van der Waals surface area contributed by atoms with Crippen LogP contribution in [0.3, 0.4) is 0 Å². The Kier molecular flexibility index (Phi) is 3.31.